The highest BCUT2D eigenvalue weighted by Gasteiger charge is 2.43. The highest BCUT2D eigenvalue weighted by molar-refractivity contribution is 5.92. The van der Waals surface area contributed by atoms with Gasteiger partial charge in [0.15, 0.2) is 5.96 Å². The second-order valence-corrected chi connectivity index (χ2v) is 6.73. The summed E-state index contributed by atoms with van der Waals surface area (Å²) in [6.07, 6.45) is -4.41. The molecule has 0 saturated heterocycles. The van der Waals surface area contributed by atoms with Crippen molar-refractivity contribution in [2.45, 2.75) is 31.6 Å². The number of nitrogens with two attached hydrogens (primary N) is 3. The van der Waals surface area contributed by atoms with Crippen molar-refractivity contribution in [1.29, 1.82) is 0 Å². The van der Waals surface area contributed by atoms with Crippen LogP contribution in [0.3, 0.4) is 0 Å². The molecule has 1 aromatic heterocycles. The SMILES string of the molecule is NC(N)=NCCCC(NC(=O)Cn1c(-c2ccccc2)ncc(N)c1=O)C(=O)C(F)(F)F. The summed E-state index contributed by atoms with van der Waals surface area (Å²) in [7, 11) is 0. The molecule has 1 atom stereocenters. The lowest BCUT2D eigenvalue weighted by atomic mass is 10.1. The number of nitrogen functional groups attached to an aromatic ring is 1. The van der Waals surface area contributed by atoms with Gasteiger partial charge in [-0.1, -0.05) is 30.3 Å². The number of rotatable bonds is 9. The first-order valence-corrected chi connectivity index (χ1v) is 9.37. The highest BCUT2D eigenvalue weighted by Crippen LogP contribution is 2.20. The molecule has 0 aliphatic carbocycles. The van der Waals surface area contributed by atoms with E-state index in [9.17, 15) is 27.6 Å². The third-order valence-corrected chi connectivity index (χ3v) is 4.28. The Morgan fingerprint density at radius 1 is 1.19 bits per heavy atom. The first kappa shape index (κ1) is 24.4. The van der Waals surface area contributed by atoms with E-state index in [-0.39, 0.29) is 36.9 Å². The van der Waals surface area contributed by atoms with Gasteiger partial charge in [-0.15, -0.1) is 0 Å². The van der Waals surface area contributed by atoms with Gasteiger partial charge in [0.1, 0.15) is 18.1 Å². The Bertz CT molecular complexity index is 1050. The molecule has 2 rings (SSSR count). The summed E-state index contributed by atoms with van der Waals surface area (Å²) in [6.45, 7) is -0.729. The maximum Gasteiger partial charge on any atom is 0.452 e. The van der Waals surface area contributed by atoms with Crippen molar-refractivity contribution >= 4 is 23.3 Å². The van der Waals surface area contributed by atoms with Crippen LogP contribution in [0.1, 0.15) is 12.8 Å². The van der Waals surface area contributed by atoms with Gasteiger partial charge in [-0.2, -0.15) is 13.2 Å². The fourth-order valence-electron chi connectivity index (χ4n) is 2.83. The summed E-state index contributed by atoms with van der Waals surface area (Å²) in [5.74, 6) is -3.29. The van der Waals surface area contributed by atoms with E-state index in [1.807, 2.05) is 5.32 Å². The zero-order valence-electron chi connectivity index (χ0n) is 16.8. The number of carbonyl (C=O) groups is 2. The molecule has 0 fully saturated rings. The number of alkyl halides is 3. The Labute approximate surface area is 180 Å². The zero-order chi connectivity index (χ0) is 23.9. The zero-order valence-corrected chi connectivity index (χ0v) is 16.8. The number of aliphatic imine (C=N–C) groups is 1. The van der Waals surface area contributed by atoms with Crippen LogP contribution in [0.25, 0.3) is 11.4 Å². The van der Waals surface area contributed by atoms with E-state index in [0.717, 1.165) is 10.8 Å². The van der Waals surface area contributed by atoms with Crippen LogP contribution in [-0.2, 0) is 16.1 Å². The van der Waals surface area contributed by atoms with E-state index in [1.54, 1.807) is 30.3 Å². The molecule has 1 heterocycles. The number of halogens is 3. The maximum absolute atomic E-state index is 13.0. The molecule has 1 aromatic carbocycles. The quantitative estimate of drug-likeness (QED) is 0.238. The Hall–Kier alpha value is -3.90. The predicted octanol–water partition coefficient (Wildman–Crippen LogP) is 0.162. The smallest absolute Gasteiger partial charge is 0.393 e. The molecule has 13 heteroatoms. The Balaban J connectivity index is 2.25. The number of ketones is 1. The minimum absolute atomic E-state index is 0.000277. The van der Waals surface area contributed by atoms with Crippen molar-refractivity contribution in [3.63, 3.8) is 0 Å². The third-order valence-electron chi connectivity index (χ3n) is 4.28. The Morgan fingerprint density at radius 2 is 1.84 bits per heavy atom. The molecule has 0 aliphatic heterocycles. The molecule has 0 bridgehead atoms. The molecule has 172 valence electrons. The average Bonchev–Trinajstić information content (AvgIpc) is 2.73. The lowest BCUT2D eigenvalue weighted by molar-refractivity contribution is -0.174. The van der Waals surface area contributed by atoms with Crippen LogP contribution in [0, 0.1) is 0 Å². The number of amides is 1. The number of nitrogens with one attached hydrogen (secondary N) is 1. The van der Waals surface area contributed by atoms with Crippen LogP contribution >= 0.6 is 0 Å². The van der Waals surface area contributed by atoms with Crippen LogP contribution in [0.2, 0.25) is 0 Å². The number of Topliss-reactive ketones (excluding diaryl/α,β-unsaturated/α-hetero) is 1. The minimum Gasteiger partial charge on any atom is -0.393 e. The van der Waals surface area contributed by atoms with Crippen molar-refractivity contribution in [3.8, 4) is 11.4 Å². The molecule has 2 aromatic rings. The molecule has 0 saturated carbocycles. The monoisotopic (exact) mass is 453 g/mol. The van der Waals surface area contributed by atoms with Crippen molar-refractivity contribution in [2.24, 2.45) is 16.5 Å². The molecule has 32 heavy (non-hydrogen) atoms. The van der Waals surface area contributed by atoms with E-state index in [4.69, 9.17) is 17.2 Å². The molecule has 1 amide bonds. The van der Waals surface area contributed by atoms with Crippen LogP contribution in [-0.4, -0.2) is 46.0 Å². The Kier molecular flexibility index (Phi) is 7.93. The molecular weight excluding hydrogens is 431 g/mol. The van der Waals surface area contributed by atoms with Crippen LogP contribution in [0.15, 0.2) is 46.3 Å². The fraction of sp³-hybridized carbons (Fsp3) is 0.316. The van der Waals surface area contributed by atoms with Crippen LogP contribution in [0.4, 0.5) is 18.9 Å². The number of carbonyl (C=O) groups excluding carboxylic acids is 2. The number of nitrogens with zero attached hydrogens (tertiary/aromatic N) is 3. The van der Waals surface area contributed by atoms with E-state index in [2.05, 4.69) is 9.98 Å². The topological polar surface area (TPSA) is 171 Å². The van der Waals surface area contributed by atoms with Gasteiger partial charge in [0.25, 0.3) is 11.3 Å². The first-order valence-electron chi connectivity index (χ1n) is 9.37. The van der Waals surface area contributed by atoms with Crippen LogP contribution < -0.4 is 28.1 Å². The number of benzene rings is 1. The largest absolute Gasteiger partial charge is 0.452 e. The summed E-state index contributed by atoms with van der Waals surface area (Å²) in [6, 6.07) is 6.47. The lowest BCUT2D eigenvalue weighted by Crippen LogP contribution is -2.48. The molecule has 1 unspecified atom stereocenters. The standard InChI is InChI=1S/C19H22F3N7O3/c20-19(21,22)15(31)13(7-4-8-26-18(24)25)28-14(30)10-29-16(11-5-2-1-3-6-11)27-9-12(23)17(29)32/h1-3,5-6,9,13H,4,7-8,10,23H2,(H,28,30)(H4,24,25,26). The van der Waals surface area contributed by atoms with E-state index in [1.165, 1.54) is 0 Å². The number of hydrogen-bond acceptors (Lipinski definition) is 6. The summed E-state index contributed by atoms with van der Waals surface area (Å²) in [5.41, 5.74) is 15.4. The normalized spacial score (nSPS) is 12.1. The van der Waals surface area contributed by atoms with Crippen molar-refractivity contribution in [1.82, 2.24) is 14.9 Å². The molecular formula is C19H22F3N7O3. The third kappa shape index (κ3) is 6.55. The van der Waals surface area contributed by atoms with Gasteiger partial charge >= 0.3 is 6.18 Å². The van der Waals surface area contributed by atoms with Crippen molar-refractivity contribution in [3.05, 3.63) is 46.9 Å². The second kappa shape index (κ2) is 10.4. The van der Waals surface area contributed by atoms with Gasteiger partial charge in [-0.25, -0.2) is 4.98 Å². The van der Waals surface area contributed by atoms with Crippen molar-refractivity contribution in [2.75, 3.05) is 12.3 Å². The van der Waals surface area contributed by atoms with Gasteiger partial charge in [-0.05, 0) is 12.8 Å². The molecule has 0 aliphatic rings. The second-order valence-electron chi connectivity index (χ2n) is 6.73. The van der Waals surface area contributed by atoms with Gasteiger partial charge < -0.3 is 22.5 Å². The maximum atomic E-state index is 13.0. The predicted molar refractivity (Wildman–Crippen MR) is 111 cm³/mol. The molecule has 0 radical (unpaired) electrons. The van der Waals surface area contributed by atoms with E-state index < -0.39 is 36.0 Å². The minimum atomic E-state index is -5.17. The van der Waals surface area contributed by atoms with Crippen molar-refractivity contribution < 1.29 is 22.8 Å². The highest BCUT2D eigenvalue weighted by atomic mass is 19.4. The van der Waals surface area contributed by atoms with Crippen LogP contribution in [0.5, 0.6) is 0 Å². The first-order chi connectivity index (χ1) is 15.0. The van der Waals surface area contributed by atoms with E-state index >= 15 is 0 Å². The summed E-state index contributed by atoms with van der Waals surface area (Å²) < 4.78 is 39.8. The molecule has 10 nitrogen and oxygen atoms in total. The molecule has 0 spiro atoms. The van der Waals surface area contributed by atoms with Gasteiger partial charge in [0.2, 0.25) is 5.91 Å². The fourth-order valence-corrected chi connectivity index (χ4v) is 2.83. The number of anilines is 1. The van der Waals surface area contributed by atoms with Gasteiger partial charge in [0, 0.05) is 12.1 Å². The van der Waals surface area contributed by atoms with Gasteiger partial charge in [-0.3, -0.25) is 23.9 Å². The average molecular weight is 453 g/mol. The van der Waals surface area contributed by atoms with E-state index in [0.29, 0.717) is 5.56 Å². The summed E-state index contributed by atoms with van der Waals surface area (Å²) >= 11 is 0. The summed E-state index contributed by atoms with van der Waals surface area (Å²) in [4.78, 5) is 44.5. The number of hydrogen-bond donors (Lipinski definition) is 4. The molecule has 7 N–H and O–H groups in total. The number of guanidine groups is 1. The Morgan fingerprint density at radius 3 is 2.44 bits per heavy atom. The lowest BCUT2D eigenvalue weighted by Gasteiger charge is -2.20. The summed E-state index contributed by atoms with van der Waals surface area (Å²) in [5, 5.41) is 2.04. The number of aromatic nitrogens is 2. The van der Waals surface area contributed by atoms with Gasteiger partial charge in [0.05, 0.1) is 12.2 Å².